The molecule has 0 spiro atoms. The lowest BCUT2D eigenvalue weighted by atomic mass is 9.75. The summed E-state index contributed by atoms with van der Waals surface area (Å²) in [4.78, 5) is 10.4. The molecule has 6 nitrogen and oxygen atoms in total. The Morgan fingerprint density at radius 1 is 1.08 bits per heavy atom. The van der Waals surface area contributed by atoms with E-state index in [1.807, 2.05) is 6.07 Å². The zero-order chi connectivity index (χ0) is 17.7. The van der Waals surface area contributed by atoms with E-state index in [1.165, 1.54) is 5.56 Å². The van der Waals surface area contributed by atoms with Gasteiger partial charge in [0.1, 0.15) is 11.6 Å². The van der Waals surface area contributed by atoms with Crippen LogP contribution in [0.3, 0.4) is 0 Å². The molecule has 25 heavy (non-hydrogen) atoms. The number of hydrogen-bond acceptors (Lipinski definition) is 6. The highest BCUT2D eigenvalue weighted by atomic mass is 16.3. The SMILES string of the molecule is Nc1cc(N2CCC(CO)(CCCc3ccccc3)CC2)nc(N)n1. The molecule has 0 bridgehead atoms. The molecule has 0 amide bonds. The number of nitrogens with zero attached hydrogens (tertiary/aromatic N) is 3. The van der Waals surface area contributed by atoms with E-state index in [0.29, 0.717) is 5.82 Å². The first-order valence-electron chi connectivity index (χ1n) is 8.90. The number of aliphatic hydroxyl groups is 1. The molecule has 0 radical (unpaired) electrons. The molecule has 2 heterocycles. The molecule has 6 heteroatoms. The minimum absolute atomic E-state index is 0.00933. The van der Waals surface area contributed by atoms with Crippen LogP contribution in [0.15, 0.2) is 36.4 Å². The van der Waals surface area contributed by atoms with Gasteiger partial charge in [0.25, 0.3) is 0 Å². The number of nitrogens with two attached hydrogens (primary N) is 2. The van der Waals surface area contributed by atoms with Gasteiger partial charge in [-0.15, -0.1) is 0 Å². The van der Waals surface area contributed by atoms with Crippen molar-refractivity contribution in [3.05, 3.63) is 42.0 Å². The number of aromatic nitrogens is 2. The third-order valence-corrected chi connectivity index (χ3v) is 5.25. The zero-order valence-electron chi connectivity index (χ0n) is 14.6. The van der Waals surface area contributed by atoms with E-state index in [1.54, 1.807) is 6.07 Å². The Balaban J connectivity index is 1.56. The van der Waals surface area contributed by atoms with E-state index in [-0.39, 0.29) is 18.0 Å². The standard InChI is InChI=1S/C19H27N5O/c20-16-13-17(23-18(21)22-16)24-11-9-19(14-25,10-12-24)8-4-7-15-5-2-1-3-6-15/h1-3,5-6,13,25H,4,7-12,14H2,(H4,20,21,22,23). The summed E-state index contributed by atoms with van der Waals surface area (Å²) in [5, 5.41) is 10.00. The molecule has 0 atom stereocenters. The molecule has 134 valence electrons. The summed E-state index contributed by atoms with van der Waals surface area (Å²) in [6.45, 7) is 1.94. The average molecular weight is 341 g/mol. The predicted molar refractivity (Wildman–Crippen MR) is 101 cm³/mol. The third kappa shape index (κ3) is 4.39. The second kappa shape index (κ2) is 7.70. The number of nitrogen functional groups attached to an aromatic ring is 2. The molecule has 0 unspecified atom stereocenters. The smallest absolute Gasteiger partial charge is 0.223 e. The molecule has 3 rings (SSSR count). The molecule has 1 aromatic carbocycles. The third-order valence-electron chi connectivity index (χ3n) is 5.25. The van der Waals surface area contributed by atoms with Gasteiger partial charge < -0.3 is 21.5 Å². The number of hydrogen-bond donors (Lipinski definition) is 3. The van der Waals surface area contributed by atoms with Crippen LogP contribution in [-0.2, 0) is 6.42 Å². The normalized spacial score (nSPS) is 16.8. The number of benzene rings is 1. The Hall–Kier alpha value is -2.34. The molecule has 5 N–H and O–H groups in total. The van der Waals surface area contributed by atoms with Crippen LogP contribution < -0.4 is 16.4 Å². The summed E-state index contributed by atoms with van der Waals surface area (Å²) in [5.74, 6) is 1.38. The van der Waals surface area contributed by atoms with Crippen LogP contribution in [-0.4, -0.2) is 34.8 Å². The van der Waals surface area contributed by atoms with Gasteiger partial charge >= 0.3 is 0 Å². The van der Waals surface area contributed by atoms with Crippen LogP contribution in [0.4, 0.5) is 17.6 Å². The van der Waals surface area contributed by atoms with E-state index in [4.69, 9.17) is 11.5 Å². The van der Waals surface area contributed by atoms with E-state index in [2.05, 4.69) is 39.1 Å². The van der Waals surface area contributed by atoms with Crippen LogP contribution in [0.2, 0.25) is 0 Å². The van der Waals surface area contributed by atoms with Crippen LogP contribution in [0, 0.1) is 5.41 Å². The quantitative estimate of drug-likeness (QED) is 0.745. The summed E-state index contributed by atoms with van der Waals surface area (Å²) in [6, 6.07) is 12.3. The molecule has 0 aliphatic carbocycles. The Morgan fingerprint density at radius 2 is 1.80 bits per heavy atom. The van der Waals surface area contributed by atoms with Gasteiger partial charge in [-0.3, -0.25) is 0 Å². The van der Waals surface area contributed by atoms with Crippen molar-refractivity contribution in [2.75, 3.05) is 36.1 Å². The van der Waals surface area contributed by atoms with Crippen molar-refractivity contribution in [2.24, 2.45) is 5.41 Å². The Labute approximate surface area is 148 Å². The maximum Gasteiger partial charge on any atom is 0.223 e. The van der Waals surface area contributed by atoms with Crippen LogP contribution >= 0.6 is 0 Å². The van der Waals surface area contributed by atoms with Crippen molar-refractivity contribution in [1.82, 2.24) is 9.97 Å². The Bertz CT molecular complexity index is 663. The Morgan fingerprint density at radius 3 is 2.44 bits per heavy atom. The van der Waals surface area contributed by atoms with Gasteiger partial charge in [0.2, 0.25) is 5.95 Å². The summed E-state index contributed by atoms with van der Waals surface area (Å²) < 4.78 is 0. The van der Waals surface area contributed by atoms with Crippen LogP contribution in [0.5, 0.6) is 0 Å². The molecular weight excluding hydrogens is 314 g/mol. The largest absolute Gasteiger partial charge is 0.396 e. The van der Waals surface area contributed by atoms with Gasteiger partial charge in [0.15, 0.2) is 0 Å². The first kappa shape index (κ1) is 17.5. The monoisotopic (exact) mass is 341 g/mol. The molecule has 1 aliphatic heterocycles. The first-order chi connectivity index (χ1) is 12.1. The predicted octanol–water partition coefficient (Wildman–Crippen LogP) is 2.24. The maximum absolute atomic E-state index is 10.00. The minimum Gasteiger partial charge on any atom is -0.396 e. The number of aliphatic hydroxyl groups excluding tert-OH is 1. The van der Waals surface area contributed by atoms with E-state index >= 15 is 0 Å². The topological polar surface area (TPSA) is 101 Å². The number of anilines is 3. The summed E-state index contributed by atoms with van der Waals surface area (Å²) in [5.41, 5.74) is 12.8. The number of aryl methyl sites for hydroxylation is 1. The van der Waals surface area contributed by atoms with Crippen molar-refractivity contribution in [3.63, 3.8) is 0 Å². The second-order valence-corrected chi connectivity index (χ2v) is 6.99. The van der Waals surface area contributed by atoms with Gasteiger partial charge in [-0.2, -0.15) is 9.97 Å². The van der Waals surface area contributed by atoms with Crippen molar-refractivity contribution in [1.29, 1.82) is 0 Å². The van der Waals surface area contributed by atoms with Gasteiger partial charge in [-0.25, -0.2) is 0 Å². The minimum atomic E-state index is 0.00933. The summed E-state index contributed by atoms with van der Waals surface area (Å²) in [7, 11) is 0. The van der Waals surface area contributed by atoms with Crippen molar-refractivity contribution in [3.8, 4) is 0 Å². The summed E-state index contributed by atoms with van der Waals surface area (Å²) >= 11 is 0. The second-order valence-electron chi connectivity index (χ2n) is 6.99. The lowest BCUT2D eigenvalue weighted by Crippen LogP contribution is -2.42. The fourth-order valence-electron chi connectivity index (χ4n) is 3.64. The average Bonchev–Trinajstić information content (AvgIpc) is 2.62. The zero-order valence-corrected chi connectivity index (χ0v) is 14.6. The summed E-state index contributed by atoms with van der Waals surface area (Å²) in [6.07, 6.45) is 5.09. The lowest BCUT2D eigenvalue weighted by Gasteiger charge is -2.41. The molecular formula is C19H27N5O. The van der Waals surface area contributed by atoms with Crippen molar-refractivity contribution in [2.45, 2.75) is 32.1 Å². The van der Waals surface area contributed by atoms with E-state index in [0.717, 1.165) is 51.0 Å². The molecule has 2 aromatic rings. The molecule has 1 fully saturated rings. The van der Waals surface area contributed by atoms with Gasteiger partial charge in [-0.1, -0.05) is 30.3 Å². The van der Waals surface area contributed by atoms with E-state index < -0.39 is 0 Å². The first-order valence-corrected chi connectivity index (χ1v) is 8.90. The molecule has 1 saturated heterocycles. The highest BCUT2D eigenvalue weighted by Gasteiger charge is 2.34. The lowest BCUT2D eigenvalue weighted by molar-refractivity contribution is 0.0849. The van der Waals surface area contributed by atoms with Gasteiger partial charge in [0.05, 0.1) is 0 Å². The molecule has 1 aliphatic rings. The van der Waals surface area contributed by atoms with E-state index in [9.17, 15) is 5.11 Å². The number of rotatable bonds is 6. The fraction of sp³-hybridized carbons (Fsp3) is 0.474. The van der Waals surface area contributed by atoms with Crippen LogP contribution in [0.1, 0.15) is 31.2 Å². The highest BCUT2D eigenvalue weighted by Crippen LogP contribution is 2.37. The Kier molecular flexibility index (Phi) is 5.38. The highest BCUT2D eigenvalue weighted by molar-refractivity contribution is 5.50. The molecule has 1 aromatic heterocycles. The fourth-order valence-corrected chi connectivity index (χ4v) is 3.64. The maximum atomic E-state index is 10.00. The van der Waals surface area contributed by atoms with Crippen molar-refractivity contribution < 1.29 is 5.11 Å². The van der Waals surface area contributed by atoms with Crippen molar-refractivity contribution >= 4 is 17.6 Å². The van der Waals surface area contributed by atoms with Gasteiger partial charge in [-0.05, 0) is 43.1 Å². The molecule has 0 saturated carbocycles. The number of piperidine rings is 1. The van der Waals surface area contributed by atoms with Crippen LogP contribution in [0.25, 0.3) is 0 Å². The van der Waals surface area contributed by atoms with Gasteiger partial charge in [0, 0.05) is 25.8 Å².